The summed E-state index contributed by atoms with van der Waals surface area (Å²) in [4.78, 5) is 31.0. The number of nitrogens with zero attached hydrogens (tertiary/aromatic N) is 3. The average Bonchev–Trinajstić information content (AvgIpc) is 3.69. The van der Waals surface area contributed by atoms with E-state index >= 15 is 0 Å². The van der Waals surface area contributed by atoms with Gasteiger partial charge in [-0.3, -0.25) is 19.3 Å². The van der Waals surface area contributed by atoms with Crippen molar-refractivity contribution >= 4 is 33.0 Å². The van der Waals surface area contributed by atoms with Crippen molar-refractivity contribution in [2.45, 2.75) is 58.2 Å². The fourth-order valence-corrected chi connectivity index (χ4v) is 4.95. The minimum absolute atomic E-state index is 0.00412. The highest BCUT2D eigenvalue weighted by Crippen LogP contribution is 2.40. The van der Waals surface area contributed by atoms with Crippen molar-refractivity contribution in [3.05, 3.63) is 53.3 Å². The summed E-state index contributed by atoms with van der Waals surface area (Å²) in [7, 11) is -3.68. The molecule has 0 saturated heterocycles. The molecule has 0 unspecified atom stereocenters. The molecular formula is C28H32F3N5O5S. The number of aromatic nitrogens is 3. The lowest BCUT2D eigenvalue weighted by atomic mass is 10.1. The van der Waals surface area contributed by atoms with Gasteiger partial charge in [0.1, 0.15) is 22.9 Å². The molecule has 1 aromatic carbocycles. The Morgan fingerprint density at radius 1 is 1.12 bits per heavy atom. The highest BCUT2D eigenvalue weighted by molar-refractivity contribution is 7.91. The molecule has 14 heteroatoms. The Labute approximate surface area is 241 Å². The maximum atomic E-state index is 13.8. The summed E-state index contributed by atoms with van der Waals surface area (Å²) in [6.45, 7) is 2.49. The number of aryl methyl sites for hydroxylation is 2. The van der Waals surface area contributed by atoms with Crippen molar-refractivity contribution < 1.29 is 35.9 Å². The van der Waals surface area contributed by atoms with Crippen LogP contribution in [0.3, 0.4) is 0 Å². The number of nitrogens with one attached hydrogen (secondary N) is 2. The molecule has 2 aromatic heterocycles. The molecule has 1 aliphatic rings. The number of amides is 2. The van der Waals surface area contributed by atoms with Crippen LogP contribution < -0.4 is 15.4 Å². The maximum absolute atomic E-state index is 13.8. The summed E-state index contributed by atoms with van der Waals surface area (Å²) in [6, 6.07) is 7.82. The van der Waals surface area contributed by atoms with E-state index in [0.29, 0.717) is 42.2 Å². The van der Waals surface area contributed by atoms with Gasteiger partial charge in [0.2, 0.25) is 5.91 Å². The Balaban J connectivity index is 1.72. The van der Waals surface area contributed by atoms with Gasteiger partial charge in [0.25, 0.3) is 5.91 Å². The summed E-state index contributed by atoms with van der Waals surface area (Å²) in [5, 5.41) is 9.92. The Bertz CT molecular complexity index is 1570. The number of carbonyl (C=O) groups is 2. The van der Waals surface area contributed by atoms with Gasteiger partial charge in [-0.25, -0.2) is 8.42 Å². The first-order valence-electron chi connectivity index (χ1n) is 13.5. The van der Waals surface area contributed by atoms with Gasteiger partial charge >= 0.3 is 6.18 Å². The van der Waals surface area contributed by atoms with E-state index in [1.165, 1.54) is 22.9 Å². The third kappa shape index (κ3) is 8.08. The zero-order valence-corrected chi connectivity index (χ0v) is 24.2. The number of halogens is 3. The van der Waals surface area contributed by atoms with E-state index in [9.17, 15) is 31.2 Å². The molecule has 4 rings (SSSR count). The lowest BCUT2D eigenvalue weighted by Gasteiger charge is -2.15. The van der Waals surface area contributed by atoms with E-state index in [1.54, 1.807) is 19.2 Å². The van der Waals surface area contributed by atoms with Gasteiger partial charge in [-0.1, -0.05) is 19.9 Å². The van der Waals surface area contributed by atoms with Crippen LogP contribution in [-0.4, -0.2) is 59.8 Å². The normalized spacial score (nSPS) is 13.6. The number of anilines is 2. The van der Waals surface area contributed by atoms with Crippen molar-refractivity contribution in [1.82, 2.24) is 14.8 Å². The third-order valence-electron chi connectivity index (χ3n) is 6.45. The number of rotatable bonds is 12. The van der Waals surface area contributed by atoms with Crippen molar-refractivity contribution in [1.29, 1.82) is 0 Å². The molecule has 0 bridgehead atoms. The van der Waals surface area contributed by atoms with E-state index in [0.717, 1.165) is 24.7 Å². The lowest BCUT2D eigenvalue weighted by molar-refractivity contribution is -0.153. The van der Waals surface area contributed by atoms with E-state index < -0.39 is 40.2 Å². The fourth-order valence-electron chi connectivity index (χ4n) is 4.40. The second kappa shape index (κ2) is 12.5. The monoisotopic (exact) mass is 607 g/mol. The third-order valence-corrected chi connectivity index (χ3v) is 7.23. The first-order valence-corrected chi connectivity index (χ1v) is 15.5. The van der Waals surface area contributed by atoms with Gasteiger partial charge in [-0.05, 0) is 67.0 Å². The number of hydrogen-bond donors (Lipinski definition) is 2. The second-order valence-electron chi connectivity index (χ2n) is 10.2. The first-order chi connectivity index (χ1) is 19.8. The summed E-state index contributed by atoms with van der Waals surface area (Å²) >= 11 is 0. The molecular weight excluding hydrogens is 575 g/mol. The van der Waals surface area contributed by atoms with Crippen molar-refractivity contribution in [2.24, 2.45) is 0 Å². The molecule has 1 fully saturated rings. The maximum Gasteiger partial charge on any atom is 0.422 e. The topological polar surface area (TPSA) is 132 Å². The fraction of sp³-hybridized carbons (Fsp3) is 0.429. The smallest absolute Gasteiger partial charge is 0.422 e. The zero-order valence-electron chi connectivity index (χ0n) is 23.4. The van der Waals surface area contributed by atoms with Crippen LogP contribution in [0, 0.1) is 0 Å². The molecule has 226 valence electrons. The van der Waals surface area contributed by atoms with Crippen LogP contribution in [0.5, 0.6) is 5.75 Å². The van der Waals surface area contributed by atoms with E-state index in [-0.39, 0.29) is 22.8 Å². The molecule has 1 aliphatic carbocycles. The molecule has 0 spiro atoms. The number of carbonyl (C=O) groups excluding carboxylic acids is 2. The standard InChI is InChI=1S/C28H32F3N5O5S/c1-4-12-36-26(27(38)33-21-11-9-20(13-17(21)5-2)41-16-28(29,30)31)25(34-23(37)15-42(3,39)40)24(35-36)22-10-8-19(14-32-22)18-6-7-18/h8-11,13-14,18H,4-7,12,15-16H2,1-3H3,(H,33,38)(H,34,37). The minimum atomic E-state index is -4.50. The molecule has 2 heterocycles. The predicted octanol–water partition coefficient (Wildman–Crippen LogP) is 4.97. The van der Waals surface area contributed by atoms with Gasteiger partial charge < -0.3 is 15.4 Å². The zero-order chi connectivity index (χ0) is 30.7. The molecule has 0 aliphatic heterocycles. The Hall–Kier alpha value is -3.94. The molecule has 0 atom stereocenters. The summed E-state index contributed by atoms with van der Waals surface area (Å²) in [5.74, 6) is -1.86. The average molecular weight is 608 g/mol. The Morgan fingerprint density at radius 3 is 2.43 bits per heavy atom. The molecule has 10 nitrogen and oxygen atoms in total. The van der Waals surface area contributed by atoms with Gasteiger partial charge in [0, 0.05) is 24.7 Å². The highest BCUT2D eigenvalue weighted by atomic mass is 32.2. The van der Waals surface area contributed by atoms with E-state index in [4.69, 9.17) is 4.74 Å². The molecule has 1 saturated carbocycles. The van der Waals surface area contributed by atoms with Crippen molar-refractivity contribution in [3.8, 4) is 17.1 Å². The number of hydrogen-bond acceptors (Lipinski definition) is 7. The van der Waals surface area contributed by atoms with Gasteiger partial charge in [-0.2, -0.15) is 18.3 Å². The molecule has 2 N–H and O–H groups in total. The minimum Gasteiger partial charge on any atom is -0.484 e. The first kappa shape index (κ1) is 31.0. The van der Waals surface area contributed by atoms with Crippen LogP contribution in [0.1, 0.15) is 60.6 Å². The lowest BCUT2D eigenvalue weighted by Crippen LogP contribution is -2.25. The van der Waals surface area contributed by atoms with E-state index in [1.807, 2.05) is 13.0 Å². The van der Waals surface area contributed by atoms with Crippen LogP contribution in [0.4, 0.5) is 24.5 Å². The number of alkyl halides is 3. The number of sulfone groups is 1. The van der Waals surface area contributed by atoms with Gasteiger partial charge in [-0.15, -0.1) is 0 Å². The van der Waals surface area contributed by atoms with Crippen molar-refractivity contribution in [2.75, 3.05) is 29.2 Å². The van der Waals surface area contributed by atoms with E-state index in [2.05, 4.69) is 20.7 Å². The number of benzene rings is 1. The van der Waals surface area contributed by atoms with Crippen LogP contribution in [0.15, 0.2) is 36.5 Å². The molecule has 2 amide bonds. The largest absolute Gasteiger partial charge is 0.484 e. The summed E-state index contributed by atoms with van der Waals surface area (Å²) in [6.07, 6.45) is 1.26. The SMILES string of the molecule is CCCn1nc(-c2ccc(C3CC3)cn2)c(NC(=O)CS(C)(=O)=O)c1C(=O)Nc1ccc(OCC(F)(F)F)cc1CC. The highest BCUT2D eigenvalue weighted by Gasteiger charge is 2.30. The Kier molecular flexibility index (Phi) is 9.24. The summed E-state index contributed by atoms with van der Waals surface area (Å²) < 4.78 is 67.7. The molecule has 0 radical (unpaired) electrons. The molecule has 3 aromatic rings. The number of pyridine rings is 1. The van der Waals surface area contributed by atoms with Crippen LogP contribution in [0.25, 0.3) is 11.4 Å². The van der Waals surface area contributed by atoms with Crippen molar-refractivity contribution in [3.63, 3.8) is 0 Å². The van der Waals surface area contributed by atoms with Crippen LogP contribution >= 0.6 is 0 Å². The second-order valence-corrected chi connectivity index (χ2v) is 12.3. The van der Waals surface area contributed by atoms with Gasteiger partial charge in [0.15, 0.2) is 22.1 Å². The van der Waals surface area contributed by atoms with Crippen LogP contribution in [0.2, 0.25) is 0 Å². The van der Waals surface area contributed by atoms with Gasteiger partial charge in [0.05, 0.1) is 5.69 Å². The Morgan fingerprint density at radius 2 is 1.86 bits per heavy atom. The van der Waals surface area contributed by atoms with Crippen LogP contribution in [-0.2, 0) is 27.6 Å². The summed E-state index contributed by atoms with van der Waals surface area (Å²) in [5.41, 5.74) is 2.48. The number of ether oxygens (including phenoxy) is 1. The predicted molar refractivity (Wildman–Crippen MR) is 151 cm³/mol. The molecule has 42 heavy (non-hydrogen) atoms. The quantitative estimate of drug-likeness (QED) is 0.297.